The van der Waals surface area contributed by atoms with Gasteiger partial charge in [-0.2, -0.15) is 5.10 Å². The molecule has 1 aliphatic rings. The third-order valence-corrected chi connectivity index (χ3v) is 7.81. The smallest absolute Gasteiger partial charge is 0.281 e. The minimum absolute atomic E-state index is 0.0894. The van der Waals surface area contributed by atoms with Crippen LogP contribution < -0.4 is 10.9 Å². The number of piperidine rings is 1. The molecule has 1 saturated heterocycles. The van der Waals surface area contributed by atoms with Crippen molar-refractivity contribution in [2.45, 2.75) is 38.1 Å². The molecule has 6 rings (SSSR count). The summed E-state index contributed by atoms with van der Waals surface area (Å²) in [4.78, 5) is 34.7. The Morgan fingerprint density at radius 3 is 2.55 bits per heavy atom. The van der Waals surface area contributed by atoms with Gasteiger partial charge in [0.15, 0.2) is 5.52 Å². The Balaban J connectivity index is 1.13. The maximum Gasteiger partial charge on any atom is 0.281 e. The van der Waals surface area contributed by atoms with Gasteiger partial charge in [0, 0.05) is 49.9 Å². The Bertz CT molecular complexity index is 1770. The van der Waals surface area contributed by atoms with Gasteiger partial charge in [-0.25, -0.2) is 14.4 Å². The second-order valence-corrected chi connectivity index (χ2v) is 10.7. The van der Waals surface area contributed by atoms with Gasteiger partial charge in [-0.15, -0.1) is 0 Å². The first-order valence-electron chi connectivity index (χ1n) is 13.6. The van der Waals surface area contributed by atoms with Crippen molar-refractivity contribution >= 4 is 17.4 Å². The van der Waals surface area contributed by atoms with Crippen LogP contribution in [0.2, 0.25) is 0 Å². The van der Waals surface area contributed by atoms with Crippen LogP contribution in [-0.4, -0.2) is 59.4 Å². The first-order valence-corrected chi connectivity index (χ1v) is 13.6. The van der Waals surface area contributed by atoms with Crippen molar-refractivity contribution in [3.8, 4) is 22.7 Å². The molecule has 1 fully saturated rings. The van der Waals surface area contributed by atoms with Gasteiger partial charge in [-0.1, -0.05) is 30.3 Å². The summed E-state index contributed by atoms with van der Waals surface area (Å²) in [5.41, 5.74) is 2.90. The summed E-state index contributed by atoms with van der Waals surface area (Å²) >= 11 is 0. The van der Waals surface area contributed by atoms with E-state index in [1.807, 2.05) is 24.3 Å². The predicted octanol–water partition coefficient (Wildman–Crippen LogP) is 2.86. The number of nitrogens with zero attached hydrogens (tertiary/aromatic N) is 6. The lowest BCUT2D eigenvalue weighted by molar-refractivity contribution is -0.109. The summed E-state index contributed by atoms with van der Waals surface area (Å²) in [5.74, 6) is 0.0326. The van der Waals surface area contributed by atoms with Crippen molar-refractivity contribution in [2.75, 3.05) is 13.1 Å². The zero-order valence-electron chi connectivity index (χ0n) is 23.0. The highest BCUT2D eigenvalue weighted by molar-refractivity contribution is 5.89. The van der Waals surface area contributed by atoms with Gasteiger partial charge in [0.25, 0.3) is 5.56 Å². The van der Waals surface area contributed by atoms with Crippen LogP contribution >= 0.6 is 0 Å². The Kier molecular flexibility index (Phi) is 7.40. The van der Waals surface area contributed by atoms with Gasteiger partial charge in [0.1, 0.15) is 17.6 Å². The number of halogens is 1. The normalized spacial score (nSPS) is 15.2. The second-order valence-electron chi connectivity index (χ2n) is 10.7. The molecule has 11 nitrogen and oxygen atoms in total. The van der Waals surface area contributed by atoms with Crippen LogP contribution in [0.4, 0.5) is 4.39 Å². The zero-order chi connectivity index (χ0) is 29.3. The van der Waals surface area contributed by atoms with Crippen LogP contribution in [0.15, 0.2) is 70.5 Å². The fraction of sp³-hybridized carbons (Fsp3) is 0.300. The fourth-order valence-corrected chi connectivity index (χ4v) is 5.49. The third-order valence-electron chi connectivity index (χ3n) is 7.81. The van der Waals surface area contributed by atoms with Crippen molar-refractivity contribution < 1.29 is 18.7 Å². The monoisotopic (exact) mass is 571 g/mol. The number of carbonyl (C=O) groups is 1. The van der Waals surface area contributed by atoms with Gasteiger partial charge in [0.05, 0.1) is 30.4 Å². The van der Waals surface area contributed by atoms with Crippen molar-refractivity contribution in [2.24, 2.45) is 7.05 Å². The first kappa shape index (κ1) is 27.5. The molecule has 0 spiro atoms. The summed E-state index contributed by atoms with van der Waals surface area (Å²) in [6.07, 6.45) is 5.93. The number of benzene rings is 2. The lowest BCUT2D eigenvalue weighted by atomic mass is 9.91. The number of aryl methyl sites for hydroxylation is 1. The maximum absolute atomic E-state index is 14.8. The van der Waals surface area contributed by atoms with Crippen LogP contribution in [0.25, 0.3) is 33.7 Å². The number of oxazole rings is 1. The van der Waals surface area contributed by atoms with Crippen molar-refractivity contribution in [1.82, 2.24) is 34.5 Å². The van der Waals surface area contributed by atoms with Crippen LogP contribution in [0.3, 0.4) is 0 Å². The van der Waals surface area contributed by atoms with E-state index in [0.717, 1.165) is 11.1 Å². The quantitative estimate of drug-likeness (QED) is 0.258. The number of hydrogen-bond acceptors (Lipinski definition) is 8. The number of aromatic nitrogens is 5. The van der Waals surface area contributed by atoms with Crippen LogP contribution in [0, 0.1) is 5.82 Å². The number of aliphatic hydroxyl groups is 1. The largest absolute Gasteiger partial charge is 0.445 e. The molecule has 0 saturated carbocycles. The van der Waals surface area contributed by atoms with Crippen LogP contribution in [-0.2, 0) is 31.5 Å². The number of fused-ring (bicyclic) bond motifs is 1. The molecule has 0 radical (unpaired) electrons. The lowest BCUT2D eigenvalue weighted by Crippen LogP contribution is -2.47. The molecule has 3 aromatic heterocycles. The van der Waals surface area contributed by atoms with E-state index in [2.05, 4.69) is 25.3 Å². The Morgan fingerprint density at radius 2 is 1.86 bits per heavy atom. The zero-order valence-corrected chi connectivity index (χ0v) is 23.0. The molecular formula is C30H30FN7O4. The minimum Gasteiger partial charge on any atom is -0.445 e. The molecule has 4 heterocycles. The minimum atomic E-state index is -1.11. The summed E-state index contributed by atoms with van der Waals surface area (Å²) in [6.45, 7) is 2.02. The number of nitrogens with one attached hydrogen (secondary N) is 1. The highest BCUT2D eigenvalue weighted by Crippen LogP contribution is 2.28. The molecule has 0 bridgehead atoms. The second kappa shape index (κ2) is 11.3. The predicted molar refractivity (Wildman–Crippen MR) is 152 cm³/mol. The van der Waals surface area contributed by atoms with E-state index in [9.17, 15) is 19.1 Å². The molecule has 2 aromatic carbocycles. The number of hydrogen-bond donors (Lipinski definition) is 2. The molecule has 5 aromatic rings. The van der Waals surface area contributed by atoms with Gasteiger partial charge in [-0.3, -0.25) is 23.7 Å². The average Bonchev–Trinajstić information content (AvgIpc) is 3.65. The van der Waals surface area contributed by atoms with Gasteiger partial charge >= 0.3 is 0 Å². The molecular weight excluding hydrogens is 541 g/mol. The summed E-state index contributed by atoms with van der Waals surface area (Å²) < 4.78 is 23.1. The van der Waals surface area contributed by atoms with Crippen molar-refractivity contribution in [1.29, 1.82) is 0 Å². The Hall–Kier alpha value is -4.68. The summed E-state index contributed by atoms with van der Waals surface area (Å²) in [6, 6.07) is 12.5. The van der Waals surface area contributed by atoms with Crippen LogP contribution in [0.5, 0.6) is 0 Å². The Morgan fingerprint density at radius 1 is 1.10 bits per heavy atom. The molecule has 0 atom stereocenters. The number of likely N-dealkylation sites (tertiary alicyclic amines) is 1. The van der Waals surface area contributed by atoms with Gasteiger partial charge in [0.2, 0.25) is 12.3 Å². The number of amides is 1. The molecule has 216 valence electrons. The maximum atomic E-state index is 14.8. The van der Waals surface area contributed by atoms with Crippen LogP contribution in [0.1, 0.15) is 24.0 Å². The molecule has 42 heavy (non-hydrogen) atoms. The SMILES string of the molecule is Cn1nc2c(=O)n(CC3(O)CCN(Cc4ccc(-c5ncco5)cc4F)CC3)cnc2c1-c1ccc(CNC=O)cc1. The fourth-order valence-electron chi connectivity index (χ4n) is 5.49. The van der Waals surface area contributed by atoms with E-state index < -0.39 is 5.60 Å². The van der Waals surface area contributed by atoms with E-state index in [0.29, 0.717) is 73.7 Å². The first-order chi connectivity index (χ1) is 20.3. The van der Waals surface area contributed by atoms with Gasteiger partial charge in [-0.05, 0) is 30.5 Å². The number of rotatable bonds is 9. The summed E-state index contributed by atoms with van der Waals surface area (Å²) in [7, 11) is 1.76. The van der Waals surface area contributed by atoms with E-state index in [1.165, 1.54) is 29.4 Å². The van der Waals surface area contributed by atoms with E-state index in [1.54, 1.807) is 23.9 Å². The van der Waals surface area contributed by atoms with Crippen molar-refractivity contribution in [3.05, 3.63) is 88.5 Å². The van der Waals surface area contributed by atoms with Crippen molar-refractivity contribution in [3.63, 3.8) is 0 Å². The van der Waals surface area contributed by atoms with E-state index in [4.69, 9.17) is 4.42 Å². The van der Waals surface area contributed by atoms with Gasteiger partial charge < -0.3 is 14.8 Å². The molecule has 12 heteroatoms. The molecule has 2 N–H and O–H groups in total. The van der Waals surface area contributed by atoms with E-state index >= 15 is 0 Å². The lowest BCUT2D eigenvalue weighted by Gasteiger charge is -2.38. The Labute approximate surface area is 240 Å². The average molecular weight is 572 g/mol. The number of carbonyl (C=O) groups excluding carboxylic acids is 1. The molecule has 1 aliphatic heterocycles. The summed E-state index contributed by atoms with van der Waals surface area (Å²) in [5, 5.41) is 18.5. The topological polar surface area (TPSA) is 131 Å². The molecule has 1 amide bonds. The molecule has 0 unspecified atom stereocenters. The molecule has 0 aliphatic carbocycles. The van der Waals surface area contributed by atoms with E-state index in [-0.39, 0.29) is 23.4 Å². The standard InChI is InChI=1S/C30H30FN7O4/c1-36-27(21-4-2-20(3-5-21)15-32-19-39)25-26(35-36)29(40)38(18-34-25)17-30(41)8-11-37(12-9-30)16-23-7-6-22(14-24(23)31)28-33-10-13-42-28/h2-7,10,13-14,18-19,41H,8-9,11-12,15-17H2,1H3,(H,32,39). The third kappa shape index (κ3) is 5.46. The highest BCUT2D eigenvalue weighted by Gasteiger charge is 2.33. The highest BCUT2D eigenvalue weighted by atomic mass is 19.1.